The lowest BCUT2D eigenvalue weighted by Gasteiger charge is -2.17. The Morgan fingerprint density at radius 3 is 2.13 bits per heavy atom. The highest BCUT2D eigenvalue weighted by atomic mass is 32.2. The van der Waals surface area contributed by atoms with Crippen molar-refractivity contribution in [2.45, 2.75) is 17.4 Å². The average Bonchev–Trinajstić information content (AvgIpc) is 2.75. The summed E-state index contributed by atoms with van der Waals surface area (Å²) < 4.78 is 33.9. The molecule has 0 bridgehead atoms. The van der Waals surface area contributed by atoms with Gasteiger partial charge in [0.1, 0.15) is 5.75 Å². The van der Waals surface area contributed by atoms with E-state index in [1.54, 1.807) is 48.5 Å². The Bertz CT molecular complexity index is 1210. The lowest BCUT2D eigenvalue weighted by atomic mass is 9.92. The predicted molar refractivity (Wildman–Crippen MR) is 115 cm³/mol. The second-order valence-corrected chi connectivity index (χ2v) is 8.56. The van der Waals surface area contributed by atoms with Crippen LogP contribution in [-0.4, -0.2) is 30.8 Å². The number of rotatable bonds is 8. The Labute approximate surface area is 179 Å². The van der Waals surface area contributed by atoms with Gasteiger partial charge in [0.2, 0.25) is 0 Å². The molecule has 3 rings (SSSR count). The van der Waals surface area contributed by atoms with E-state index in [9.17, 15) is 18.0 Å². The van der Waals surface area contributed by atoms with E-state index in [4.69, 9.17) is 15.6 Å². The van der Waals surface area contributed by atoms with E-state index in [0.717, 1.165) is 6.92 Å². The minimum Gasteiger partial charge on any atom is -0.480 e. The third kappa shape index (κ3) is 4.90. The molecule has 0 saturated heterocycles. The first-order valence-electron chi connectivity index (χ1n) is 9.13. The highest BCUT2D eigenvalue weighted by molar-refractivity contribution is 7.92. The quantitative estimate of drug-likeness (QED) is 0.361. The fourth-order valence-corrected chi connectivity index (χ4v) is 3.71. The van der Waals surface area contributed by atoms with Gasteiger partial charge in [0.05, 0.1) is 10.6 Å². The Balaban J connectivity index is 1.84. The van der Waals surface area contributed by atoms with Crippen LogP contribution in [0, 0.1) is 0 Å². The zero-order valence-corrected chi connectivity index (χ0v) is 17.3. The van der Waals surface area contributed by atoms with Crippen molar-refractivity contribution in [3.8, 4) is 11.5 Å². The molecular formula is C22H20N2O6S. The first-order chi connectivity index (χ1) is 14.6. The monoisotopic (exact) mass is 440 g/mol. The third-order valence-electron chi connectivity index (χ3n) is 4.45. The predicted octanol–water partition coefficient (Wildman–Crippen LogP) is 3.26. The number of hydrogen-bond donors (Lipinski definition) is 3. The molecule has 0 aliphatic rings. The number of ketones is 1. The zero-order chi connectivity index (χ0) is 22.6. The number of carbonyl (C=O) groups is 2. The van der Waals surface area contributed by atoms with Gasteiger partial charge in [-0.05, 0) is 55.5 Å². The summed E-state index contributed by atoms with van der Waals surface area (Å²) in [5, 5.41) is 9.09. The maximum Gasteiger partial charge on any atom is 0.331 e. The van der Waals surface area contributed by atoms with E-state index in [1.165, 1.54) is 24.3 Å². The lowest BCUT2D eigenvalue weighted by Crippen LogP contribution is -2.52. The molecule has 31 heavy (non-hydrogen) atoms. The van der Waals surface area contributed by atoms with Crippen LogP contribution in [-0.2, 0) is 14.8 Å². The molecular weight excluding hydrogens is 420 g/mol. The number of carboxylic acid groups (broad SMARTS) is 1. The summed E-state index contributed by atoms with van der Waals surface area (Å²) in [5.41, 5.74) is 3.64. The van der Waals surface area contributed by atoms with Gasteiger partial charge >= 0.3 is 5.97 Å². The van der Waals surface area contributed by atoms with Crippen molar-refractivity contribution in [2.75, 3.05) is 4.72 Å². The van der Waals surface area contributed by atoms with E-state index in [-0.39, 0.29) is 16.1 Å². The van der Waals surface area contributed by atoms with Crippen molar-refractivity contribution in [3.63, 3.8) is 0 Å². The molecule has 0 fully saturated rings. The number of ether oxygens (including phenoxy) is 1. The molecule has 0 saturated carbocycles. The molecule has 160 valence electrons. The van der Waals surface area contributed by atoms with Crippen LogP contribution in [0.1, 0.15) is 17.3 Å². The molecule has 3 aromatic carbocycles. The van der Waals surface area contributed by atoms with Gasteiger partial charge in [0.25, 0.3) is 10.0 Å². The standard InChI is InChI=1S/C22H20N2O6S/c1-22(23,21(26)27)20(25)15-11-13-17(14-12-15)31(28,29)24-18-9-5-6-10-19(18)30-16-7-3-2-4-8-16/h2-14,24H,23H2,1H3,(H,26,27). The lowest BCUT2D eigenvalue weighted by molar-refractivity contribution is -0.140. The third-order valence-corrected chi connectivity index (χ3v) is 5.83. The molecule has 0 aliphatic carbocycles. The summed E-state index contributed by atoms with van der Waals surface area (Å²) in [6.45, 7) is 1.08. The van der Waals surface area contributed by atoms with E-state index >= 15 is 0 Å². The molecule has 1 atom stereocenters. The fourth-order valence-electron chi connectivity index (χ4n) is 2.64. The molecule has 0 aliphatic heterocycles. The van der Waals surface area contributed by atoms with Crippen LogP contribution in [0.3, 0.4) is 0 Å². The Hall–Kier alpha value is -3.69. The van der Waals surface area contributed by atoms with Crippen molar-refractivity contribution < 1.29 is 27.9 Å². The Kier molecular flexibility index (Phi) is 6.09. The normalized spacial score (nSPS) is 13.1. The number of carbonyl (C=O) groups excluding carboxylic acids is 1. The molecule has 3 aromatic rings. The van der Waals surface area contributed by atoms with Crippen molar-refractivity contribution >= 4 is 27.5 Å². The summed E-state index contributed by atoms with van der Waals surface area (Å²) in [6.07, 6.45) is 0. The molecule has 4 N–H and O–H groups in total. The maximum absolute atomic E-state index is 12.8. The summed E-state index contributed by atoms with van der Waals surface area (Å²) in [4.78, 5) is 23.3. The molecule has 8 nitrogen and oxygen atoms in total. The number of Topliss-reactive ketones (excluding diaryl/α,β-unsaturated/α-hetero) is 1. The summed E-state index contributed by atoms with van der Waals surface area (Å²) in [6, 6.07) is 20.3. The second kappa shape index (κ2) is 8.58. The Morgan fingerprint density at radius 2 is 1.52 bits per heavy atom. The van der Waals surface area contributed by atoms with Crippen LogP contribution < -0.4 is 15.2 Å². The average molecular weight is 440 g/mol. The number of para-hydroxylation sites is 3. The molecule has 0 radical (unpaired) electrons. The highest BCUT2D eigenvalue weighted by Gasteiger charge is 2.37. The van der Waals surface area contributed by atoms with E-state index < -0.39 is 27.3 Å². The van der Waals surface area contributed by atoms with Crippen LogP contribution in [0.4, 0.5) is 5.69 Å². The minimum atomic E-state index is -4.01. The van der Waals surface area contributed by atoms with Gasteiger partial charge in [-0.3, -0.25) is 9.52 Å². The van der Waals surface area contributed by atoms with Gasteiger partial charge in [0, 0.05) is 5.56 Å². The summed E-state index contributed by atoms with van der Waals surface area (Å²) in [7, 11) is -4.01. The van der Waals surface area contributed by atoms with Gasteiger partial charge in [-0.2, -0.15) is 0 Å². The van der Waals surface area contributed by atoms with Crippen LogP contribution in [0.25, 0.3) is 0 Å². The van der Waals surface area contributed by atoms with Gasteiger partial charge in [0.15, 0.2) is 17.1 Å². The van der Waals surface area contributed by atoms with Crippen molar-refractivity contribution in [1.29, 1.82) is 0 Å². The van der Waals surface area contributed by atoms with Gasteiger partial charge in [-0.15, -0.1) is 0 Å². The van der Waals surface area contributed by atoms with Crippen molar-refractivity contribution in [3.05, 3.63) is 84.4 Å². The van der Waals surface area contributed by atoms with Gasteiger partial charge < -0.3 is 15.6 Å². The number of sulfonamides is 1. The minimum absolute atomic E-state index is 0.0147. The molecule has 1 unspecified atom stereocenters. The van der Waals surface area contributed by atoms with Crippen molar-refractivity contribution in [1.82, 2.24) is 0 Å². The van der Waals surface area contributed by atoms with E-state index in [0.29, 0.717) is 11.5 Å². The molecule has 0 spiro atoms. The first kappa shape index (κ1) is 22.0. The number of hydrogen-bond acceptors (Lipinski definition) is 6. The van der Waals surface area contributed by atoms with Crippen LogP contribution >= 0.6 is 0 Å². The molecule has 0 aromatic heterocycles. The number of nitrogens with one attached hydrogen (secondary N) is 1. The number of nitrogens with two attached hydrogens (primary N) is 1. The number of anilines is 1. The fraction of sp³-hybridized carbons (Fsp3) is 0.0909. The second-order valence-electron chi connectivity index (χ2n) is 6.88. The van der Waals surface area contributed by atoms with E-state index in [1.807, 2.05) is 6.07 Å². The number of carboxylic acids is 1. The van der Waals surface area contributed by atoms with Crippen LogP contribution in [0.5, 0.6) is 11.5 Å². The first-order valence-corrected chi connectivity index (χ1v) is 10.6. The van der Waals surface area contributed by atoms with Crippen LogP contribution in [0.15, 0.2) is 83.8 Å². The SMILES string of the molecule is CC(N)(C(=O)O)C(=O)c1ccc(S(=O)(=O)Nc2ccccc2Oc2ccccc2)cc1. The van der Waals surface area contributed by atoms with Gasteiger partial charge in [-0.1, -0.05) is 30.3 Å². The van der Waals surface area contributed by atoms with Gasteiger partial charge in [-0.25, -0.2) is 13.2 Å². The largest absolute Gasteiger partial charge is 0.480 e. The molecule has 0 amide bonds. The topological polar surface area (TPSA) is 136 Å². The van der Waals surface area contributed by atoms with Crippen molar-refractivity contribution in [2.24, 2.45) is 5.73 Å². The van der Waals surface area contributed by atoms with Crippen LogP contribution in [0.2, 0.25) is 0 Å². The summed E-state index contributed by atoms with van der Waals surface area (Å²) in [5.74, 6) is -1.46. The smallest absolute Gasteiger partial charge is 0.331 e. The zero-order valence-electron chi connectivity index (χ0n) is 16.5. The Morgan fingerprint density at radius 1 is 0.935 bits per heavy atom. The molecule has 9 heteroatoms. The summed E-state index contributed by atoms with van der Waals surface area (Å²) >= 11 is 0. The maximum atomic E-state index is 12.8. The highest BCUT2D eigenvalue weighted by Crippen LogP contribution is 2.31. The number of benzene rings is 3. The molecule has 0 heterocycles. The number of aliphatic carboxylic acids is 1. The van der Waals surface area contributed by atoms with E-state index in [2.05, 4.69) is 4.72 Å².